The minimum Gasteiger partial charge on any atom is -0.384 e. The van der Waals surface area contributed by atoms with Crippen LogP contribution in [-0.2, 0) is 6.42 Å². The molecule has 0 radical (unpaired) electrons. The van der Waals surface area contributed by atoms with E-state index in [9.17, 15) is 9.90 Å². The van der Waals surface area contributed by atoms with Crippen molar-refractivity contribution < 1.29 is 9.90 Å². The molecule has 0 saturated carbocycles. The Bertz CT molecular complexity index is 715. The number of fused-ring (bicyclic) bond motifs is 1. The number of halogens is 2. The van der Waals surface area contributed by atoms with Crippen molar-refractivity contribution in [3.63, 3.8) is 0 Å². The highest BCUT2D eigenvalue weighted by atomic mass is 35.5. The molecule has 0 bridgehead atoms. The summed E-state index contributed by atoms with van der Waals surface area (Å²) in [6.45, 7) is 0.653. The highest BCUT2D eigenvalue weighted by Gasteiger charge is 2.19. The van der Waals surface area contributed by atoms with Crippen LogP contribution in [0.5, 0.6) is 0 Å². The van der Waals surface area contributed by atoms with Gasteiger partial charge in [-0.15, -0.1) is 0 Å². The summed E-state index contributed by atoms with van der Waals surface area (Å²) in [4.78, 5) is 11.9. The maximum Gasteiger partial charge on any atom is 0.251 e. The molecule has 21 heavy (non-hydrogen) atoms. The lowest BCUT2D eigenvalue weighted by Crippen LogP contribution is -2.31. The van der Waals surface area contributed by atoms with Crippen LogP contribution in [0.3, 0.4) is 0 Å². The summed E-state index contributed by atoms with van der Waals surface area (Å²) >= 11 is 11.9. The minimum absolute atomic E-state index is 0.0977. The van der Waals surface area contributed by atoms with Crippen LogP contribution >= 0.6 is 23.2 Å². The normalized spacial score (nSPS) is 15.3. The van der Waals surface area contributed by atoms with Gasteiger partial charge in [-0.3, -0.25) is 4.79 Å². The first-order valence-corrected chi connectivity index (χ1v) is 7.36. The Balaban J connectivity index is 1.98. The number of aliphatic hydroxyl groups excluding tert-OH is 1. The zero-order chi connectivity index (χ0) is 15.0. The van der Waals surface area contributed by atoms with E-state index in [2.05, 4.69) is 5.32 Å². The molecule has 1 atom stereocenters. The molecule has 2 N–H and O–H groups in total. The van der Waals surface area contributed by atoms with E-state index in [-0.39, 0.29) is 5.91 Å². The molecule has 2 aromatic rings. The Hall–Kier alpha value is -1.55. The van der Waals surface area contributed by atoms with Gasteiger partial charge in [-0.05, 0) is 41.3 Å². The molecule has 1 unspecified atom stereocenters. The molecule has 1 amide bonds. The Morgan fingerprint density at radius 2 is 1.76 bits per heavy atom. The first-order chi connectivity index (χ1) is 10.1. The summed E-state index contributed by atoms with van der Waals surface area (Å²) in [6, 6.07) is 10.5. The summed E-state index contributed by atoms with van der Waals surface area (Å²) in [5.41, 5.74) is 2.92. The molecule has 3 nitrogen and oxygen atoms in total. The van der Waals surface area contributed by atoms with Gasteiger partial charge in [0.05, 0.1) is 10.0 Å². The van der Waals surface area contributed by atoms with Crippen LogP contribution in [0.15, 0.2) is 36.4 Å². The number of nitrogens with one attached hydrogen (secondary N) is 1. The number of amides is 1. The number of aliphatic hydroxyl groups is 1. The molecule has 0 aliphatic carbocycles. The third-order valence-corrected chi connectivity index (χ3v) is 4.37. The summed E-state index contributed by atoms with van der Waals surface area (Å²) < 4.78 is 0. The number of benzene rings is 2. The lowest BCUT2D eigenvalue weighted by molar-refractivity contribution is 0.0945. The first kappa shape index (κ1) is 14.4. The predicted octanol–water partition coefficient (Wildman–Crippen LogP) is 3.36. The van der Waals surface area contributed by atoms with E-state index in [1.165, 1.54) is 0 Å². The van der Waals surface area contributed by atoms with Crippen molar-refractivity contribution in [3.05, 3.63) is 68.7 Å². The summed E-state index contributed by atoms with van der Waals surface area (Å²) in [6.07, 6.45) is -0.0377. The average molecular weight is 322 g/mol. The van der Waals surface area contributed by atoms with E-state index in [4.69, 9.17) is 23.2 Å². The fourth-order valence-electron chi connectivity index (χ4n) is 2.47. The van der Waals surface area contributed by atoms with Crippen molar-refractivity contribution in [2.45, 2.75) is 12.5 Å². The van der Waals surface area contributed by atoms with Crippen molar-refractivity contribution in [3.8, 4) is 0 Å². The summed E-state index contributed by atoms with van der Waals surface area (Å²) in [7, 11) is 0. The van der Waals surface area contributed by atoms with E-state index in [0.29, 0.717) is 33.3 Å². The Morgan fingerprint density at radius 3 is 2.52 bits per heavy atom. The maximum atomic E-state index is 11.9. The lowest BCUT2D eigenvalue weighted by Gasteiger charge is -2.19. The molecule has 1 aliphatic heterocycles. The van der Waals surface area contributed by atoms with Gasteiger partial charge in [0.1, 0.15) is 6.10 Å². The van der Waals surface area contributed by atoms with E-state index in [0.717, 1.165) is 12.0 Å². The Labute approximate surface area is 132 Å². The molecule has 0 aromatic heterocycles. The van der Waals surface area contributed by atoms with Crippen LogP contribution in [0.2, 0.25) is 10.0 Å². The standard InChI is InChI=1S/C16H13Cl2NO2/c17-13-4-3-11(8-14(13)18)15(20)10-2-1-9-5-6-19-16(21)12(9)7-10/h1-4,7-8,15,20H,5-6H2,(H,19,21). The second-order valence-corrected chi connectivity index (χ2v) is 5.81. The van der Waals surface area contributed by atoms with Crippen LogP contribution in [0.1, 0.15) is 33.2 Å². The van der Waals surface area contributed by atoms with E-state index < -0.39 is 6.10 Å². The van der Waals surface area contributed by atoms with Gasteiger partial charge in [0.15, 0.2) is 0 Å². The zero-order valence-corrected chi connectivity index (χ0v) is 12.6. The van der Waals surface area contributed by atoms with Crippen molar-refractivity contribution >= 4 is 29.1 Å². The van der Waals surface area contributed by atoms with Crippen molar-refractivity contribution in [1.29, 1.82) is 0 Å². The van der Waals surface area contributed by atoms with Gasteiger partial charge in [0.2, 0.25) is 0 Å². The minimum atomic E-state index is -0.847. The van der Waals surface area contributed by atoms with Gasteiger partial charge in [-0.1, -0.05) is 41.4 Å². The topological polar surface area (TPSA) is 49.3 Å². The van der Waals surface area contributed by atoms with Crippen LogP contribution in [-0.4, -0.2) is 17.6 Å². The molecule has 108 valence electrons. The SMILES string of the molecule is O=C1NCCc2ccc(C(O)c3ccc(Cl)c(Cl)c3)cc21. The zero-order valence-electron chi connectivity index (χ0n) is 11.1. The molecule has 1 aliphatic rings. The Morgan fingerprint density at radius 1 is 1.05 bits per heavy atom. The quantitative estimate of drug-likeness (QED) is 0.891. The van der Waals surface area contributed by atoms with E-state index in [1.807, 2.05) is 12.1 Å². The fraction of sp³-hybridized carbons (Fsp3) is 0.188. The van der Waals surface area contributed by atoms with Crippen molar-refractivity contribution in [1.82, 2.24) is 5.32 Å². The molecular weight excluding hydrogens is 309 g/mol. The predicted molar refractivity (Wildman–Crippen MR) is 83.0 cm³/mol. The molecule has 0 fully saturated rings. The third-order valence-electron chi connectivity index (χ3n) is 3.63. The van der Waals surface area contributed by atoms with Crippen LogP contribution < -0.4 is 5.32 Å². The monoisotopic (exact) mass is 321 g/mol. The summed E-state index contributed by atoms with van der Waals surface area (Å²) in [5, 5.41) is 14.1. The van der Waals surface area contributed by atoms with Gasteiger partial charge in [-0.2, -0.15) is 0 Å². The second-order valence-electron chi connectivity index (χ2n) is 5.00. The van der Waals surface area contributed by atoms with Gasteiger partial charge >= 0.3 is 0 Å². The summed E-state index contributed by atoms with van der Waals surface area (Å²) in [5.74, 6) is -0.0977. The van der Waals surface area contributed by atoms with Gasteiger partial charge in [-0.25, -0.2) is 0 Å². The number of carbonyl (C=O) groups is 1. The largest absolute Gasteiger partial charge is 0.384 e. The number of hydrogen-bond donors (Lipinski definition) is 2. The number of hydrogen-bond acceptors (Lipinski definition) is 2. The lowest BCUT2D eigenvalue weighted by atomic mass is 9.94. The maximum absolute atomic E-state index is 11.9. The average Bonchev–Trinajstić information content (AvgIpc) is 2.49. The molecule has 1 heterocycles. The Kier molecular flexibility index (Phi) is 3.89. The smallest absolute Gasteiger partial charge is 0.251 e. The van der Waals surface area contributed by atoms with E-state index in [1.54, 1.807) is 24.3 Å². The highest BCUT2D eigenvalue weighted by Crippen LogP contribution is 2.30. The first-order valence-electron chi connectivity index (χ1n) is 6.60. The van der Waals surface area contributed by atoms with Gasteiger partial charge in [0, 0.05) is 12.1 Å². The van der Waals surface area contributed by atoms with Crippen LogP contribution in [0, 0.1) is 0 Å². The van der Waals surface area contributed by atoms with Crippen LogP contribution in [0.25, 0.3) is 0 Å². The van der Waals surface area contributed by atoms with Gasteiger partial charge in [0.25, 0.3) is 5.91 Å². The van der Waals surface area contributed by atoms with Crippen molar-refractivity contribution in [2.75, 3.05) is 6.54 Å². The molecular formula is C16H13Cl2NO2. The molecule has 0 saturated heterocycles. The molecule has 3 rings (SSSR count). The molecule has 2 aromatic carbocycles. The molecule has 5 heteroatoms. The second kappa shape index (κ2) is 5.68. The number of carbonyl (C=O) groups excluding carboxylic acids is 1. The third kappa shape index (κ3) is 2.77. The number of rotatable bonds is 2. The highest BCUT2D eigenvalue weighted by molar-refractivity contribution is 6.42. The van der Waals surface area contributed by atoms with E-state index >= 15 is 0 Å². The molecule has 0 spiro atoms. The fourth-order valence-corrected chi connectivity index (χ4v) is 2.78. The van der Waals surface area contributed by atoms with Gasteiger partial charge < -0.3 is 10.4 Å². The van der Waals surface area contributed by atoms with Crippen LogP contribution in [0.4, 0.5) is 0 Å². The van der Waals surface area contributed by atoms with Crippen molar-refractivity contribution in [2.24, 2.45) is 0 Å².